The maximum Gasteiger partial charge on any atom is 0.241 e. The molecule has 0 aliphatic carbocycles. The number of nitrogens with zero attached hydrogens (tertiary/aromatic N) is 7. The third kappa shape index (κ3) is 3.34. The highest BCUT2D eigenvalue weighted by atomic mass is 35.5. The van der Waals surface area contributed by atoms with Crippen molar-refractivity contribution < 1.29 is 4.74 Å². The van der Waals surface area contributed by atoms with E-state index >= 15 is 0 Å². The predicted octanol–water partition coefficient (Wildman–Crippen LogP) is 3.88. The van der Waals surface area contributed by atoms with Crippen LogP contribution in [0.1, 0.15) is 5.82 Å². The largest absolute Gasteiger partial charge is 0.468 e. The number of halogens is 1. The van der Waals surface area contributed by atoms with Gasteiger partial charge in [-0.1, -0.05) is 41.9 Å². The van der Waals surface area contributed by atoms with Crippen LogP contribution in [0.4, 0.5) is 0 Å². The van der Waals surface area contributed by atoms with Gasteiger partial charge in [-0.15, -0.1) is 26.6 Å². The van der Waals surface area contributed by atoms with Gasteiger partial charge >= 0.3 is 0 Å². The van der Waals surface area contributed by atoms with Gasteiger partial charge in [0.2, 0.25) is 5.88 Å². The Kier molecular flexibility index (Phi) is 4.45. The van der Waals surface area contributed by atoms with Crippen LogP contribution < -0.4 is 4.74 Å². The van der Waals surface area contributed by atoms with Crippen LogP contribution in [0, 0.1) is 0 Å². The predicted molar refractivity (Wildman–Crippen MR) is 110 cm³/mol. The average molecular weight is 424 g/mol. The van der Waals surface area contributed by atoms with Crippen molar-refractivity contribution in [3.8, 4) is 27.7 Å². The number of ether oxygens (including phenoxy) is 1. The summed E-state index contributed by atoms with van der Waals surface area (Å²) in [6.45, 7) is 0.226. The number of aromatic nitrogens is 7. The molecule has 0 saturated carbocycles. The molecule has 0 aliphatic rings. The Balaban J connectivity index is 1.63. The van der Waals surface area contributed by atoms with Crippen LogP contribution in [-0.2, 0) is 13.7 Å². The Hall–Kier alpha value is -3.30. The molecule has 4 heterocycles. The number of fused-ring (bicyclic) bond motifs is 1. The normalized spacial score (nSPS) is 11.2. The van der Waals surface area contributed by atoms with E-state index in [-0.39, 0.29) is 6.61 Å². The molecule has 29 heavy (non-hydrogen) atoms. The lowest BCUT2D eigenvalue weighted by Crippen LogP contribution is -2.07. The van der Waals surface area contributed by atoms with Crippen molar-refractivity contribution in [2.75, 3.05) is 0 Å². The molecule has 0 spiro atoms. The van der Waals surface area contributed by atoms with Gasteiger partial charge in [-0.2, -0.15) is 9.61 Å². The topological polar surface area (TPSA) is 83.0 Å². The first-order chi connectivity index (χ1) is 14.2. The maximum atomic E-state index is 6.15. The van der Waals surface area contributed by atoms with Crippen molar-refractivity contribution in [1.82, 2.24) is 34.6 Å². The van der Waals surface area contributed by atoms with Crippen molar-refractivity contribution in [1.29, 1.82) is 0 Å². The van der Waals surface area contributed by atoms with Crippen LogP contribution in [0.15, 0.2) is 54.9 Å². The highest BCUT2D eigenvalue weighted by Gasteiger charge is 2.18. The minimum atomic E-state index is 0.226. The van der Waals surface area contributed by atoms with Gasteiger partial charge in [-0.25, -0.2) is 4.98 Å². The number of hydrogen-bond acceptors (Lipinski definition) is 7. The molecule has 0 amide bonds. The molecule has 10 heteroatoms. The summed E-state index contributed by atoms with van der Waals surface area (Å²) in [6.07, 6.45) is 1.49. The summed E-state index contributed by atoms with van der Waals surface area (Å²) in [7, 11) is 1.82. The minimum Gasteiger partial charge on any atom is -0.468 e. The Bertz CT molecular complexity index is 1290. The zero-order chi connectivity index (χ0) is 19.8. The summed E-state index contributed by atoms with van der Waals surface area (Å²) in [5.74, 6) is 1.77. The van der Waals surface area contributed by atoms with E-state index < -0.39 is 0 Å². The first-order valence-electron chi connectivity index (χ1n) is 8.72. The Labute approximate surface area is 174 Å². The maximum absolute atomic E-state index is 6.15. The van der Waals surface area contributed by atoms with Crippen LogP contribution >= 0.6 is 22.9 Å². The lowest BCUT2D eigenvalue weighted by Gasteiger charge is -2.10. The Morgan fingerprint density at radius 3 is 2.69 bits per heavy atom. The van der Waals surface area contributed by atoms with Crippen LogP contribution in [0.25, 0.3) is 27.5 Å². The standard InChI is InChI=1S/C19H14ClN7OS/c1-26-17(21-11-22-26)10-28-19-13(14-7-8-15(20)29-14)9-16-23-24-18(27(16)25-19)12-5-3-2-4-6-12/h2-9,11H,10H2,1H3. The monoisotopic (exact) mass is 423 g/mol. The molecule has 5 aromatic rings. The molecular weight excluding hydrogens is 410 g/mol. The van der Waals surface area contributed by atoms with Gasteiger partial charge in [0.25, 0.3) is 0 Å². The van der Waals surface area contributed by atoms with Gasteiger partial charge in [0.1, 0.15) is 12.9 Å². The van der Waals surface area contributed by atoms with Crippen LogP contribution in [-0.4, -0.2) is 34.6 Å². The summed E-state index contributed by atoms with van der Waals surface area (Å²) in [6, 6.07) is 15.5. The molecule has 0 fully saturated rings. The lowest BCUT2D eigenvalue weighted by molar-refractivity contribution is 0.276. The summed E-state index contributed by atoms with van der Waals surface area (Å²) >= 11 is 7.59. The number of thiophene rings is 1. The quantitative estimate of drug-likeness (QED) is 0.426. The van der Waals surface area contributed by atoms with E-state index in [1.807, 2.05) is 55.6 Å². The summed E-state index contributed by atoms with van der Waals surface area (Å²) in [4.78, 5) is 5.14. The number of benzene rings is 1. The number of rotatable bonds is 5. The van der Waals surface area contributed by atoms with Gasteiger partial charge in [-0.3, -0.25) is 4.68 Å². The molecule has 5 rings (SSSR count). The molecule has 8 nitrogen and oxygen atoms in total. The van der Waals surface area contributed by atoms with E-state index in [2.05, 4.69) is 20.3 Å². The van der Waals surface area contributed by atoms with Gasteiger partial charge < -0.3 is 4.74 Å². The smallest absolute Gasteiger partial charge is 0.241 e. The molecule has 0 aliphatic heterocycles. The zero-order valence-corrected chi connectivity index (χ0v) is 16.8. The van der Waals surface area contributed by atoms with Crippen LogP contribution in [0.2, 0.25) is 4.34 Å². The molecule has 0 radical (unpaired) electrons. The van der Waals surface area contributed by atoms with Crippen molar-refractivity contribution in [2.45, 2.75) is 6.61 Å². The van der Waals surface area contributed by atoms with Crippen molar-refractivity contribution >= 4 is 28.6 Å². The lowest BCUT2D eigenvalue weighted by atomic mass is 10.2. The van der Waals surface area contributed by atoms with Crippen LogP contribution in [0.3, 0.4) is 0 Å². The van der Waals surface area contributed by atoms with Crippen LogP contribution in [0.5, 0.6) is 5.88 Å². The second-order valence-electron chi connectivity index (χ2n) is 6.22. The number of aryl methyl sites for hydroxylation is 1. The van der Waals surface area contributed by atoms with E-state index in [0.717, 1.165) is 16.0 Å². The molecule has 1 aromatic carbocycles. The molecule has 0 atom stereocenters. The fraction of sp³-hybridized carbons (Fsp3) is 0.105. The van der Waals surface area contributed by atoms with E-state index in [1.54, 1.807) is 9.20 Å². The molecule has 0 unspecified atom stereocenters. The minimum absolute atomic E-state index is 0.226. The van der Waals surface area contributed by atoms with Crippen molar-refractivity contribution in [3.05, 3.63) is 65.0 Å². The molecule has 4 aromatic heterocycles. The summed E-state index contributed by atoms with van der Waals surface area (Å²) in [5, 5.41) is 17.4. The van der Waals surface area contributed by atoms with E-state index in [9.17, 15) is 0 Å². The van der Waals surface area contributed by atoms with Gasteiger partial charge in [0, 0.05) is 17.5 Å². The Morgan fingerprint density at radius 1 is 1.10 bits per heavy atom. The third-order valence-electron chi connectivity index (χ3n) is 4.37. The summed E-state index contributed by atoms with van der Waals surface area (Å²) in [5.41, 5.74) is 2.33. The van der Waals surface area contributed by atoms with E-state index in [1.165, 1.54) is 17.7 Å². The number of hydrogen-bond donors (Lipinski definition) is 0. The second kappa shape index (κ2) is 7.26. The van der Waals surface area contributed by atoms with Crippen molar-refractivity contribution in [2.24, 2.45) is 7.05 Å². The Morgan fingerprint density at radius 2 is 1.97 bits per heavy atom. The highest BCUT2D eigenvalue weighted by molar-refractivity contribution is 7.19. The fourth-order valence-electron chi connectivity index (χ4n) is 2.91. The van der Waals surface area contributed by atoms with Gasteiger partial charge in [-0.05, 0) is 18.2 Å². The highest BCUT2D eigenvalue weighted by Crippen LogP contribution is 2.37. The van der Waals surface area contributed by atoms with E-state index in [0.29, 0.717) is 27.5 Å². The second-order valence-corrected chi connectivity index (χ2v) is 7.93. The summed E-state index contributed by atoms with van der Waals surface area (Å²) < 4.78 is 10.1. The first-order valence-corrected chi connectivity index (χ1v) is 9.92. The molecule has 0 bridgehead atoms. The zero-order valence-electron chi connectivity index (χ0n) is 15.2. The van der Waals surface area contributed by atoms with Gasteiger partial charge in [0.05, 0.1) is 9.90 Å². The fourth-order valence-corrected chi connectivity index (χ4v) is 3.96. The molecule has 144 valence electrons. The first kappa shape index (κ1) is 17.8. The molecule has 0 saturated heterocycles. The van der Waals surface area contributed by atoms with Crippen molar-refractivity contribution in [3.63, 3.8) is 0 Å². The van der Waals surface area contributed by atoms with Gasteiger partial charge in [0.15, 0.2) is 17.3 Å². The average Bonchev–Trinajstić information content (AvgIpc) is 3.46. The molecular formula is C19H14ClN7OS. The van der Waals surface area contributed by atoms with E-state index in [4.69, 9.17) is 21.4 Å². The SMILES string of the molecule is Cn1ncnc1COc1nn2c(-c3ccccc3)nnc2cc1-c1ccc(Cl)s1. The third-order valence-corrected chi connectivity index (χ3v) is 5.64. The molecule has 0 N–H and O–H groups in total.